The molecule has 1 unspecified atom stereocenters. The van der Waals surface area contributed by atoms with Crippen molar-refractivity contribution in [2.24, 2.45) is 0 Å². The van der Waals surface area contributed by atoms with E-state index in [0.29, 0.717) is 0 Å². The van der Waals surface area contributed by atoms with Crippen molar-refractivity contribution in [2.75, 3.05) is 20.8 Å². The van der Waals surface area contributed by atoms with E-state index in [1.807, 2.05) is 6.07 Å². The largest absolute Gasteiger partial charge is 0.361 e. The second-order valence-electron chi connectivity index (χ2n) is 4.69. The number of H-pyrrole nitrogens is 1. The fourth-order valence-corrected chi connectivity index (χ4v) is 2.37. The van der Waals surface area contributed by atoms with Gasteiger partial charge in [0.1, 0.15) is 0 Å². The fourth-order valence-electron chi connectivity index (χ4n) is 2.37. The van der Waals surface area contributed by atoms with Crippen LogP contribution >= 0.6 is 0 Å². The topological polar surface area (TPSA) is 46.3 Å². The number of fused-ring (bicyclic) bond motifs is 1. The van der Waals surface area contributed by atoms with Gasteiger partial charge >= 0.3 is 0 Å². The quantitative estimate of drug-likeness (QED) is 0.753. The van der Waals surface area contributed by atoms with Crippen LogP contribution in [0, 0.1) is 0 Å². The summed E-state index contributed by atoms with van der Waals surface area (Å²) >= 11 is 0. The van der Waals surface area contributed by atoms with E-state index in [9.17, 15) is 0 Å². The molecule has 0 radical (unpaired) electrons. The molecule has 4 nitrogen and oxygen atoms in total. The first-order chi connectivity index (χ1) is 9.26. The third kappa shape index (κ3) is 3.35. The number of rotatable bonds is 7. The highest BCUT2D eigenvalue weighted by atomic mass is 16.7. The molecule has 0 saturated heterocycles. The van der Waals surface area contributed by atoms with Gasteiger partial charge in [-0.1, -0.05) is 18.2 Å². The highest BCUT2D eigenvalue weighted by Crippen LogP contribution is 2.17. The van der Waals surface area contributed by atoms with Crippen LogP contribution in [0.1, 0.15) is 12.5 Å². The molecule has 0 aliphatic carbocycles. The number of para-hydroxylation sites is 1. The lowest BCUT2D eigenvalue weighted by molar-refractivity contribution is -0.119. The summed E-state index contributed by atoms with van der Waals surface area (Å²) in [7, 11) is 3.32. The maximum absolute atomic E-state index is 5.23. The standard InChI is InChI=1S/C15H22N2O2/c1-11(15(18-2)19-3)16-9-8-12-10-17-14-7-5-4-6-13(12)14/h4-7,10-11,15-17H,8-9H2,1-3H3. The molecule has 0 saturated carbocycles. The van der Waals surface area contributed by atoms with Gasteiger partial charge in [0.15, 0.2) is 6.29 Å². The Morgan fingerprint density at radius 1 is 1.21 bits per heavy atom. The van der Waals surface area contributed by atoms with E-state index < -0.39 is 0 Å². The van der Waals surface area contributed by atoms with Crippen LogP contribution in [0.4, 0.5) is 0 Å². The van der Waals surface area contributed by atoms with Crippen LogP contribution in [0.5, 0.6) is 0 Å². The van der Waals surface area contributed by atoms with Gasteiger partial charge in [0.25, 0.3) is 0 Å². The monoisotopic (exact) mass is 262 g/mol. The molecule has 1 atom stereocenters. The Balaban J connectivity index is 1.89. The third-order valence-electron chi connectivity index (χ3n) is 3.41. The lowest BCUT2D eigenvalue weighted by Gasteiger charge is -2.22. The number of benzene rings is 1. The molecule has 1 aromatic carbocycles. The second-order valence-corrected chi connectivity index (χ2v) is 4.69. The van der Waals surface area contributed by atoms with E-state index in [4.69, 9.17) is 9.47 Å². The van der Waals surface area contributed by atoms with Crippen molar-refractivity contribution in [3.63, 3.8) is 0 Å². The molecule has 2 rings (SSSR count). The molecule has 4 heteroatoms. The van der Waals surface area contributed by atoms with Crippen LogP contribution in [-0.4, -0.2) is 38.1 Å². The van der Waals surface area contributed by atoms with Gasteiger partial charge < -0.3 is 19.8 Å². The van der Waals surface area contributed by atoms with E-state index in [1.54, 1.807) is 14.2 Å². The molecule has 0 bridgehead atoms. The average Bonchev–Trinajstić information content (AvgIpc) is 2.84. The molecule has 104 valence electrons. The van der Waals surface area contributed by atoms with Crippen molar-refractivity contribution >= 4 is 10.9 Å². The van der Waals surface area contributed by atoms with Gasteiger partial charge in [-0.2, -0.15) is 0 Å². The van der Waals surface area contributed by atoms with Crippen LogP contribution in [0.25, 0.3) is 10.9 Å². The van der Waals surface area contributed by atoms with Gasteiger partial charge in [0.05, 0.1) is 6.04 Å². The van der Waals surface area contributed by atoms with Gasteiger partial charge in [-0.3, -0.25) is 0 Å². The minimum absolute atomic E-state index is 0.167. The summed E-state index contributed by atoms with van der Waals surface area (Å²) in [6.07, 6.45) is 2.86. The molecule has 2 N–H and O–H groups in total. The Morgan fingerprint density at radius 2 is 1.95 bits per heavy atom. The summed E-state index contributed by atoms with van der Waals surface area (Å²) in [6, 6.07) is 8.53. The van der Waals surface area contributed by atoms with Crippen LogP contribution in [0.15, 0.2) is 30.5 Å². The molecule has 0 fully saturated rings. The highest BCUT2D eigenvalue weighted by Gasteiger charge is 2.14. The summed E-state index contributed by atoms with van der Waals surface area (Å²) < 4.78 is 10.5. The van der Waals surface area contributed by atoms with Gasteiger partial charge in [-0.15, -0.1) is 0 Å². The summed E-state index contributed by atoms with van der Waals surface area (Å²) in [4.78, 5) is 3.29. The van der Waals surface area contributed by atoms with E-state index in [1.165, 1.54) is 16.5 Å². The minimum Gasteiger partial charge on any atom is -0.361 e. The lowest BCUT2D eigenvalue weighted by atomic mass is 10.1. The summed E-state index contributed by atoms with van der Waals surface area (Å²) in [6.45, 7) is 2.96. The van der Waals surface area contributed by atoms with E-state index in [-0.39, 0.29) is 12.3 Å². The van der Waals surface area contributed by atoms with Gasteiger partial charge in [-0.25, -0.2) is 0 Å². The Labute approximate surface area is 114 Å². The van der Waals surface area contributed by atoms with Gasteiger partial charge in [0, 0.05) is 31.3 Å². The van der Waals surface area contributed by atoms with Crippen LogP contribution in [-0.2, 0) is 15.9 Å². The third-order valence-corrected chi connectivity index (χ3v) is 3.41. The van der Waals surface area contributed by atoms with Crippen molar-refractivity contribution in [1.82, 2.24) is 10.3 Å². The molecule has 1 heterocycles. The SMILES string of the molecule is COC(OC)C(C)NCCc1c[nH]c2ccccc12. The number of methoxy groups -OCH3 is 2. The second kappa shape index (κ2) is 6.70. The first kappa shape index (κ1) is 14.1. The molecule has 2 aromatic rings. The number of hydrogen-bond acceptors (Lipinski definition) is 3. The van der Waals surface area contributed by atoms with E-state index in [2.05, 4.69) is 41.6 Å². The smallest absolute Gasteiger partial charge is 0.171 e. The minimum atomic E-state index is -0.206. The summed E-state index contributed by atoms with van der Waals surface area (Å²) in [5.74, 6) is 0. The average molecular weight is 262 g/mol. The predicted octanol–water partition coefficient (Wildman–Crippen LogP) is 2.31. The van der Waals surface area contributed by atoms with Crippen LogP contribution in [0.2, 0.25) is 0 Å². The normalized spacial score (nSPS) is 13.3. The molecule has 19 heavy (non-hydrogen) atoms. The maximum Gasteiger partial charge on any atom is 0.171 e. The summed E-state index contributed by atoms with van der Waals surface area (Å²) in [5, 5.41) is 4.72. The molecule has 0 aliphatic heterocycles. The summed E-state index contributed by atoms with van der Waals surface area (Å²) in [5.41, 5.74) is 2.53. The lowest BCUT2D eigenvalue weighted by Crippen LogP contribution is -2.40. The van der Waals surface area contributed by atoms with Crippen LogP contribution in [0.3, 0.4) is 0 Å². The zero-order valence-electron chi connectivity index (χ0n) is 11.8. The Kier molecular flexibility index (Phi) is 4.96. The molecule has 0 aliphatic rings. The van der Waals surface area contributed by atoms with E-state index in [0.717, 1.165) is 13.0 Å². The van der Waals surface area contributed by atoms with Gasteiger partial charge in [-0.05, 0) is 31.5 Å². The van der Waals surface area contributed by atoms with Crippen LogP contribution < -0.4 is 5.32 Å². The fraction of sp³-hybridized carbons (Fsp3) is 0.467. The number of nitrogens with one attached hydrogen (secondary N) is 2. The molecule has 0 spiro atoms. The predicted molar refractivity (Wildman–Crippen MR) is 77.3 cm³/mol. The highest BCUT2D eigenvalue weighted by molar-refractivity contribution is 5.83. The Morgan fingerprint density at radius 3 is 2.68 bits per heavy atom. The van der Waals surface area contributed by atoms with Crippen molar-refractivity contribution in [1.29, 1.82) is 0 Å². The Hall–Kier alpha value is -1.36. The van der Waals surface area contributed by atoms with Crippen molar-refractivity contribution in [2.45, 2.75) is 25.7 Å². The van der Waals surface area contributed by atoms with Crippen molar-refractivity contribution in [3.05, 3.63) is 36.0 Å². The zero-order valence-corrected chi connectivity index (χ0v) is 11.8. The first-order valence-electron chi connectivity index (χ1n) is 6.60. The van der Waals surface area contributed by atoms with Crippen molar-refractivity contribution in [3.8, 4) is 0 Å². The number of hydrogen-bond donors (Lipinski definition) is 2. The molecule has 0 amide bonds. The Bertz CT molecular complexity index is 506. The first-order valence-corrected chi connectivity index (χ1v) is 6.60. The molecular formula is C15H22N2O2. The number of aromatic amines is 1. The van der Waals surface area contributed by atoms with Crippen molar-refractivity contribution < 1.29 is 9.47 Å². The zero-order chi connectivity index (χ0) is 13.7. The number of aromatic nitrogens is 1. The molecular weight excluding hydrogens is 240 g/mol. The van der Waals surface area contributed by atoms with E-state index >= 15 is 0 Å². The maximum atomic E-state index is 5.23. The van der Waals surface area contributed by atoms with Gasteiger partial charge in [0.2, 0.25) is 0 Å². The number of ether oxygens (including phenoxy) is 2. The molecule has 1 aromatic heterocycles.